The highest BCUT2D eigenvalue weighted by atomic mass is 19.1. The molecule has 2 aromatic rings. The van der Waals surface area contributed by atoms with E-state index >= 15 is 0 Å². The minimum atomic E-state index is -0.538. The normalized spacial score (nSPS) is 17.7. The van der Waals surface area contributed by atoms with Gasteiger partial charge < -0.3 is 4.74 Å². The quantitative estimate of drug-likeness (QED) is 0.725. The first-order valence-corrected chi connectivity index (χ1v) is 6.20. The number of fused-ring (bicyclic) bond motifs is 1. The van der Waals surface area contributed by atoms with Gasteiger partial charge in [0.25, 0.3) is 0 Å². The van der Waals surface area contributed by atoms with Gasteiger partial charge in [0.15, 0.2) is 5.78 Å². The van der Waals surface area contributed by atoms with Gasteiger partial charge in [0.1, 0.15) is 25.5 Å². The first kappa shape index (κ1) is 12.0. The van der Waals surface area contributed by atoms with Crippen LogP contribution in [0.5, 0.6) is 5.75 Å². The molecule has 1 atom stereocenters. The molecule has 0 aliphatic carbocycles. The van der Waals surface area contributed by atoms with Crippen molar-refractivity contribution in [3.63, 3.8) is 0 Å². The molecule has 0 saturated heterocycles. The summed E-state index contributed by atoms with van der Waals surface area (Å²) in [7, 11) is 1.93. The molecule has 0 saturated carbocycles. The highest BCUT2D eigenvalue weighted by molar-refractivity contribution is 6.32. The minimum absolute atomic E-state index is 0.00166. The summed E-state index contributed by atoms with van der Waals surface area (Å²) in [6, 6.07) is 11.9. The Balaban J connectivity index is 2.00. The highest BCUT2D eigenvalue weighted by Crippen LogP contribution is 2.34. The lowest BCUT2D eigenvalue weighted by molar-refractivity contribution is 0.0846. The van der Waals surface area contributed by atoms with Crippen LogP contribution in [0.3, 0.4) is 0 Å². The number of carbonyl (C=O) groups excluding carboxylic acids is 1. The standard InChI is InChI=1S/C15H12BFO2/c16-9-5-6-14-11(7-9)13(18)8-15(19-14)10-3-1-2-4-12(10)17/h1-7,15H,8,16H2. The molecule has 0 bridgehead atoms. The first-order valence-electron chi connectivity index (χ1n) is 6.20. The van der Waals surface area contributed by atoms with Crippen molar-refractivity contribution in [3.05, 3.63) is 59.4 Å². The minimum Gasteiger partial charge on any atom is -0.484 e. The van der Waals surface area contributed by atoms with E-state index in [0.29, 0.717) is 16.9 Å². The van der Waals surface area contributed by atoms with Gasteiger partial charge in [0.2, 0.25) is 0 Å². The fourth-order valence-corrected chi connectivity index (χ4v) is 2.35. The van der Waals surface area contributed by atoms with E-state index in [2.05, 4.69) is 0 Å². The molecule has 94 valence electrons. The van der Waals surface area contributed by atoms with E-state index in [4.69, 9.17) is 4.74 Å². The molecular formula is C15H12BFO2. The SMILES string of the molecule is Bc1ccc2c(c1)C(=O)CC(c1ccccc1F)O2. The summed E-state index contributed by atoms with van der Waals surface area (Å²) in [6.45, 7) is 0. The lowest BCUT2D eigenvalue weighted by Gasteiger charge is -2.26. The van der Waals surface area contributed by atoms with Crippen molar-refractivity contribution in [2.45, 2.75) is 12.5 Å². The van der Waals surface area contributed by atoms with Crippen LogP contribution in [0.4, 0.5) is 4.39 Å². The number of rotatable bonds is 1. The van der Waals surface area contributed by atoms with Crippen molar-refractivity contribution in [3.8, 4) is 5.75 Å². The maximum absolute atomic E-state index is 13.8. The predicted octanol–water partition coefficient (Wildman–Crippen LogP) is 1.79. The number of hydrogen-bond donors (Lipinski definition) is 0. The summed E-state index contributed by atoms with van der Waals surface area (Å²) < 4.78 is 19.5. The van der Waals surface area contributed by atoms with E-state index in [0.717, 1.165) is 5.46 Å². The average molecular weight is 254 g/mol. The molecule has 3 rings (SSSR count). The van der Waals surface area contributed by atoms with Crippen molar-refractivity contribution in [2.24, 2.45) is 0 Å². The molecule has 0 N–H and O–H groups in total. The zero-order valence-electron chi connectivity index (χ0n) is 10.5. The molecule has 0 radical (unpaired) electrons. The fourth-order valence-electron chi connectivity index (χ4n) is 2.35. The van der Waals surface area contributed by atoms with Gasteiger partial charge in [-0.05, 0) is 12.1 Å². The Labute approximate surface area is 111 Å². The first-order chi connectivity index (χ1) is 9.15. The monoisotopic (exact) mass is 254 g/mol. The largest absolute Gasteiger partial charge is 0.484 e. The van der Waals surface area contributed by atoms with Crippen LogP contribution in [0.25, 0.3) is 0 Å². The van der Waals surface area contributed by atoms with Crippen molar-refractivity contribution < 1.29 is 13.9 Å². The van der Waals surface area contributed by atoms with Crippen LogP contribution < -0.4 is 10.2 Å². The summed E-state index contributed by atoms with van der Waals surface area (Å²) in [5, 5.41) is 0. The van der Waals surface area contributed by atoms with Gasteiger partial charge in [-0.15, -0.1) is 0 Å². The Bertz CT molecular complexity index is 654. The predicted molar refractivity (Wildman–Crippen MR) is 73.3 cm³/mol. The van der Waals surface area contributed by atoms with Gasteiger partial charge in [0, 0.05) is 5.56 Å². The van der Waals surface area contributed by atoms with E-state index in [1.165, 1.54) is 6.07 Å². The lowest BCUT2D eigenvalue weighted by Crippen LogP contribution is -2.22. The number of halogens is 1. The molecule has 0 fully saturated rings. The van der Waals surface area contributed by atoms with Crippen LogP contribution in [0.2, 0.25) is 0 Å². The second-order valence-corrected chi connectivity index (χ2v) is 4.75. The molecular weight excluding hydrogens is 242 g/mol. The van der Waals surface area contributed by atoms with E-state index < -0.39 is 6.10 Å². The molecule has 1 aliphatic rings. The number of ketones is 1. The van der Waals surface area contributed by atoms with Gasteiger partial charge in [-0.1, -0.05) is 35.8 Å². The molecule has 0 spiro atoms. The molecule has 2 aromatic carbocycles. The molecule has 19 heavy (non-hydrogen) atoms. The molecule has 1 heterocycles. The Kier molecular flexibility index (Phi) is 2.86. The Morgan fingerprint density at radius 2 is 2.00 bits per heavy atom. The molecule has 0 aromatic heterocycles. The summed E-state index contributed by atoms with van der Waals surface area (Å²) in [6.07, 6.45) is -0.360. The lowest BCUT2D eigenvalue weighted by atomic mass is 9.89. The number of benzene rings is 2. The second kappa shape index (κ2) is 4.54. The van der Waals surface area contributed by atoms with Crippen molar-refractivity contribution in [2.75, 3.05) is 0 Å². The molecule has 0 amide bonds. The Morgan fingerprint density at radius 1 is 1.21 bits per heavy atom. The van der Waals surface area contributed by atoms with Gasteiger partial charge in [0.05, 0.1) is 12.0 Å². The third kappa shape index (κ3) is 2.14. The Morgan fingerprint density at radius 3 is 2.79 bits per heavy atom. The molecule has 1 aliphatic heterocycles. The molecule has 2 nitrogen and oxygen atoms in total. The summed E-state index contributed by atoms with van der Waals surface area (Å²) in [5.74, 6) is 0.198. The van der Waals surface area contributed by atoms with Gasteiger partial charge >= 0.3 is 0 Å². The van der Waals surface area contributed by atoms with Crippen LogP contribution in [0.15, 0.2) is 42.5 Å². The summed E-state index contributed by atoms with van der Waals surface area (Å²) in [5.41, 5.74) is 2.04. The smallest absolute Gasteiger partial charge is 0.170 e. The third-order valence-electron chi connectivity index (χ3n) is 3.33. The van der Waals surface area contributed by atoms with E-state index in [1.54, 1.807) is 24.3 Å². The van der Waals surface area contributed by atoms with Crippen LogP contribution in [-0.4, -0.2) is 13.6 Å². The zero-order valence-corrected chi connectivity index (χ0v) is 10.5. The van der Waals surface area contributed by atoms with Crippen LogP contribution in [-0.2, 0) is 0 Å². The number of hydrogen-bond acceptors (Lipinski definition) is 2. The van der Waals surface area contributed by atoms with E-state index in [1.807, 2.05) is 20.0 Å². The topological polar surface area (TPSA) is 26.3 Å². The highest BCUT2D eigenvalue weighted by Gasteiger charge is 2.29. The van der Waals surface area contributed by atoms with Crippen LogP contribution in [0, 0.1) is 5.82 Å². The number of ether oxygens (including phenoxy) is 1. The van der Waals surface area contributed by atoms with Crippen LogP contribution in [0.1, 0.15) is 28.4 Å². The molecule has 1 unspecified atom stereocenters. The maximum atomic E-state index is 13.8. The Hall–Kier alpha value is -2.10. The zero-order chi connectivity index (χ0) is 13.4. The average Bonchev–Trinajstić information content (AvgIpc) is 2.40. The van der Waals surface area contributed by atoms with Crippen LogP contribution >= 0.6 is 0 Å². The van der Waals surface area contributed by atoms with E-state index in [-0.39, 0.29) is 18.0 Å². The van der Waals surface area contributed by atoms with E-state index in [9.17, 15) is 9.18 Å². The van der Waals surface area contributed by atoms with Crippen molar-refractivity contribution >= 4 is 19.1 Å². The fraction of sp³-hybridized carbons (Fsp3) is 0.133. The summed E-state index contributed by atoms with van der Waals surface area (Å²) in [4.78, 5) is 12.1. The second-order valence-electron chi connectivity index (χ2n) is 4.75. The maximum Gasteiger partial charge on any atom is 0.170 e. The number of carbonyl (C=O) groups is 1. The van der Waals surface area contributed by atoms with Gasteiger partial charge in [-0.25, -0.2) is 4.39 Å². The third-order valence-corrected chi connectivity index (χ3v) is 3.33. The van der Waals surface area contributed by atoms with Crippen molar-refractivity contribution in [1.82, 2.24) is 0 Å². The molecule has 4 heteroatoms. The summed E-state index contributed by atoms with van der Waals surface area (Å²) >= 11 is 0. The number of Topliss-reactive ketones (excluding diaryl/α,β-unsaturated/α-hetero) is 1. The van der Waals surface area contributed by atoms with Gasteiger partial charge in [-0.3, -0.25) is 4.79 Å². The van der Waals surface area contributed by atoms with Gasteiger partial charge in [-0.2, -0.15) is 0 Å². The van der Waals surface area contributed by atoms with Crippen molar-refractivity contribution in [1.29, 1.82) is 0 Å².